The molecule has 4 rings (SSSR count). The van der Waals surface area contributed by atoms with Gasteiger partial charge in [-0.3, -0.25) is 0 Å². The van der Waals surface area contributed by atoms with E-state index in [2.05, 4.69) is 118 Å². The molecular weight excluding hydrogens is 360 g/mol. The molecule has 0 heteroatoms. The summed E-state index contributed by atoms with van der Waals surface area (Å²) in [6.45, 7) is 6.83. The van der Waals surface area contributed by atoms with Crippen molar-refractivity contribution >= 4 is 0 Å². The van der Waals surface area contributed by atoms with Crippen molar-refractivity contribution in [2.45, 2.75) is 26.2 Å². The normalized spacial score (nSPS) is 10.9. The second kappa shape index (κ2) is 8.44. The van der Waals surface area contributed by atoms with E-state index in [0.717, 1.165) is 11.1 Å². The Morgan fingerprint density at radius 3 is 1.53 bits per heavy atom. The maximum Gasteiger partial charge on any atom is 0.0333 e. The molecule has 0 N–H and O–H groups in total. The third-order valence-corrected chi connectivity index (χ3v) is 5.25. The van der Waals surface area contributed by atoms with Gasteiger partial charge in [-0.15, -0.1) is 0 Å². The Morgan fingerprint density at radius 2 is 1.00 bits per heavy atom. The van der Waals surface area contributed by atoms with E-state index in [1.165, 1.54) is 27.8 Å². The van der Waals surface area contributed by atoms with Gasteiger partial charge in [0.25, 0.3) is 0 Å². The standard InChI is InChI=1S/C30H26/c1-30(2,3)27-22-21-26(20-19-23-13-7-4-8-14-23)28(24-15-9-5-10-16-24)29(27)25-17-11-6-12-18-25/h4-18,21-22H,1-3H3. The van der Waals surface area contributed by atoms with E-state index in [0.29, 0.717) is 0 Å². The Morgan fingerprint density at radius 1 is 0.500 bits per heavy atom. The van der Waals surface area contributed by atoms with Gasteiger partial charge in [-0.05, 0) is 45.9 Å². The zero-order valence-electron chi connectivity index (χ0n) is 17.8. The van der Waals surface area contributed by atoms with Gasteiger partial charge in [0.1, 0.15) is 0 Å². The van der Waals surface area contributed by atoms with Crippen LogP contribution in [0.4, 0.5) is 0 Å². The van der Waals surface area contributed by atoms with Crippen molar-refractivity contribution in [3.63, 3.8) is 0 Å². The minimum absolute atomic E-state index is 0.0140. The van der Waals surface area contributed by atoms with Crippen LogP contribution in [0.3, 0.4) is 0 Å². The molecule has 0 aromatic heterocycles. The third-order valence-electron chi connectivity index (χ3n) is 5.25. The molecule has 0 aliphatic heterocycles. The molecule has 0 atom stereocenters. The highest BCUT2D eigenvalue weighted by molar-refractivity contribution is 5.90. The molecule has 30 heavy (non-hydrogen) atoms. The summed E-state index contributed by atoms with van der Waals surface area (Å²) in [5.41, 5.74) is 8.32. The van der Waals surface area contributed by atoms with Crippen molar-refractivity contribution in [2.24, 2.45) is 0 Å². The van der Waals surface area contributed by atoms with E-state index in [1.54, 1.807) is 0 Å². The topological polar surface area (TPSA) is 0 Å². The van der Waals surface area contributed by atoms with Gasteiger partial charge in [0.2, 0.25) is 0 Å². The number of benzene rings is 4. The molecule has 0 bridgehead atoms. The van der Waals surface area contributed by atoms with Gasteiger partial charge in [-0.1, -0.05) is 118 Å². The molecule has 0 spiro atoms. The molecule has 146 valence electrons. The van der Waals surface area contributed by atoms with Crippen LogP contribution >= 0.6 is 0 Å². The van der Waals surface area contributed by atoms with Crippen LogP contribution in [0.2, 0.25) is 0 Å². The SMILES string of the molecule is CC(C)(C)c1ccc(C#Cc2ccccc2)c(-c2ccccc2)c1-c1ccccc1. The van der Waals surface area contributed by atoms with Crippen molar-refractivity contribution in [2.75, 3.05) is 0 Å². The molecule has 0 unspecified atom stereocenters. The first-order valence-corrected chi connectivity index (χ1v) is 10.4. The van der Waals surface area contributed by atoms with Crippen LogP contribution in [0.1, 0.15) is 37.5 Å². The molecule has 0 amide bonds. The molecule has 0 fully saturated rings. The Bertz CT molecular complexity index is 1180. The summed E-state index contributed by atoms with van der Waals surface area (Å²) in [4.78, 5) is 0. The van der Waals surface area contributed by atoms with Gasteiger partial charge < -0.3 is 0 Å². The summed E-state index contributed by atoms with van der Waals surface area (Å²) in [5, 5.41) is 0. The summed E-state index contributed by atoms with van der Waals surface area (Å²) in [6, 6.07) is 35.9. The Kier molecular flexibility index (Phi) is 5.55. The molecule has 0 saturated heterocycles. The number of hydrogen-bond acceptors (Lipinski definition) is 0. The van der Waals surface area contributed by atoms with E-state index < -0.39 is 0 Å². The van der Waals surface area contributed by atoms with Crippen LogP contribution in [-0.4, -0.2) is 0 Å². The lowest BCUT2D eigenvalue weighted by Crippen LogP contribution is -2.14. The molecule has 4 aromatic carbocycles. The van der Waals surface area contributed by atoms with Gasteiger partial charge in [-0.25, -0.2) is 0 Å². The van der Waals surface area contributed by atoms with Gasteiger partial charge in [0.05, 0.1) is 0 Å². The van der Waals surface area contributed by atoms with Crippen molar-refractivity contribution < 1.29 is 0 Å². The lowest BCUT2D eigenvalue weighted by molar-refractivity contribution is 0.592. The molecule has 0 saturated carbocycles. The van der Waals surface area contributed by atoms with E-state index in [9.17, 15) is 0 Å². The Labute approximate surface area is 180 Å². The van der Waals surface area contributed by atoms with Crippen LogP contribution in [0.5, 0.6) is 0 Å². The van der Waals surface area contributed by atoms with Crippen molar-refractivity contribution in [3.05, 3.63) is 120 Å². The average molecular weight is 387 g/mol. The summed E-state index contributed by atoms with van der Waals surface area (Å²) in [7, 11) is 0. The van der Waals surface area contributed by atoms with Crippen LogP contribution in [0.15, 0.2) is 103 Å². The molecule has 0 heterocycles. The molecule has 0 aliphatic carbocycles. The van der Waals surface area contributed by atoms with Gasteiger partial charge in [0.15, 0.2) is 0 Å². The fourth-order valence-electron chi connectivity index (χ4n) is 3.80. The molecule has 4 aromatic rings. The van der Waals surface area contributed by atoms with Crippen molar-refractivity contribution in [1.29, 1.82) is 0 Å². The van der Waals surface area contributed by atoms with E-state index in [1.807, 2.05) is 18.2 Å². The summed E-state index contributed by atoms with van der Waals surface area (Å²) in [6.07, 6.45) is 0. The van der Waals surface area contributed by atoms with Crippen LogP contribution in [0, 0.1) is 11.8 Å². The van der Waals surface area contributed by atoms with E-state index in [4.69, 9.17) is 0 Å². The molecule has 0 radical (unpaired) electrons. The maximum absolute atomic E-state index is 3.47. The first-order chi connectivity index (χ1) is 14.5. The van der Waals surface area contributed by atoms with Gasteiger partial charge in [-0.2, -0.15) is 0 Å². The summed E-state index contributed by atoms with van der Waals surface area (Å²) in [5.74, 6) is 6.82. The van der Waals surface area contributed by atoms with E-state index >= 15 is 0 Å². The smallest absolute Gasteiger partial charge is 0.0333 e. The fourth-order valence-corrected chi connectivity index (χ4v) is 3.80. The van der Waals surface area contributed by atoms with Crippen molar-refractivity contribution in [1.82, 2.24) is 0 Å². The van der Waals surface area contributed by atoms with E-state index in [-0.39, 0.29) is 5.41 Å². The highest BCUT2D eigenvalue weighted by Gasteiger charge is 2.23. The Hall–Kier alpha value is -3.56. The zero-order chi connectivity index (χ0) is 21.0. The third kappa shape index (κ3) is 4.22. The number of rotatable bonds is 2. The largest absolute Gasteiger partial charge is 0.0622 e. The molecular formula is C30H26. The highest BCUT2D eigenvalue weighted by atomic mass is 14.3. The first kappa shape index (κ1) is 19.7. The molecule has 0 nitrogen and oxygen atoms in total. The second-order valence-electron chi connectivity index (χ2n) is 8.51. The van der Waals surface area contributed by atoms with Crippen LogP contribution in [-0.2, 0) is 5.41 Å². The van der Waals surface area contributed by atoms with Crippen molar-refractivity contribution in [3.8, 4) is 34.1 Å². The Balaban J connectivity index is 2.04. The maximum atomic E-state index is 3.47. The molecule has 0 aliphatic rings. The fraction of sp³-hybridized carbons (Fsp3) is 0.133. The monoisotopic (exact) mass is 386 g/mol. The van der Waals surface area contributed by atoms with Crippen LogP contribution in [0.25, 0.3) is 22.3 Å². The minimum Gasteiger partial charge on any atom is -0.0622 e. The average Bonchev–Trinajstić information content (AvgIpc) is 2.78. The predicted octanol–water partition coefficient (Wildman–Crippen LogP) is 7.72. The summed E-state index contributed by atoms with van der Waals surface area (Å²) >= 11 is 0. The number of hydrogen-bond donors (Lipinski definition) is 0. The van der Waals surface area contributed by atoms with Crippen LogP contribution < -0.4 is 0 Å². The lowest BCUT2D eigenvalue weighted by atomic mass is 9.77. The quantitative estimate of drug-likeness (QED) is 0.309. The second-order valence-corrected chi connectivity index (χ2v) is 8.51. The minimum atomic E-state index is 0.0140. The first-order valence-electron chi connectivity index (χ1n) is 10.4. The lowest BCUT2D eigenvalue weighted by Gasteiger charge is -2.26. The van der Waals surface area contributed by atoms with Gasteiger partial charge >= 0.3 is 0 Å². The predicted molar refractivity (Wildman–Crippen MR) is 128 cm³/mol. The highest BCUT2D eigenvalue weighted by Crippen LogP contribution is 2.42. The summed E-state index contributed by atoms with van der Waals surface area (Å²) < 4.78 is 0. The van der Waals surface area contributed by atoms with Gasteiger partial charge in [0, 0.05) is 16.7 Å². The zero-order valence-corrected chi connectivity index (χ0v) is 17.8.